The van der Waals surface area contributed by atoms with Crippen molar-refractivity contribution in [1.82, 2.24) is 15.1 Å². The molecule has 0 spiro atoms. The van der Waals surface area contributed by atoms with Crippen molar-refractivity contribution in [2.45, 2.75) is 19.8 Å². The van der Waals surface area contributed by atoms with Gasteiger partial charge in [-0.25, -0.2) is 4.68 Å². The van der Waals surface area contributed by atoms with Crippen LogP contribution in [0, 0.1) is 24.2 Å². The Morgan fingerprint density at radius 3 is 2.83 bits per heavy atom. The van der Waals surface area contributed by atoms with Gasteiger partial charge >= 0.3 is 0 Å². The Morgan fingerprint density at radius 2 is 2.21 bits per heavy atom. The van der Waals surface area contributed by atoms with Crippen molar-refractivity contribution in [2.24, 2.45) is 11.7 Å². The molecule has 1 saturated carbocycles. The highest BCUT2D eigenvalue weighted by atomic mass is 16.2. The summed E-state index contributed by atoms with van der Waals surface area (Å²) >= 11 is 0. The third-order valence-corrected chi connectivity index (χ3v) is 4.03. The summed E-state index contributed by atoms with van der Waals surface area (Å²) in [6, 6.07) is 6.70. The molecular weight excluding hydrogens is 306 g/mol. The maximum absolute atomic E-state index is 12.6. The van der Waals surface area contributed by atoms with Gasteiger partial charge in [0.1, 0.15) is 5.69 Å². The number of carbonyl (C=O) groups excluding carboxylic acids is 2. The fraction of sp³-hybridized carbons (Fsp3) is 0.294. The third kappa shape index (κ3) is 2.99. The number of nitriles is 1. The predicted molar refractivity (Wildman–Crippen MR) is 86.6 cm³/mol. The number of aryl methyl sites for hydroxylation is 1. The van der Waals surface area contributed by atoms with Gasteiger partial charge in [-0.3, -0.25) is 9.59 Å². The molecule has 7 nitrogen and oxygen atoms in total. The monoisotopic (exact) mass is 323 g/mol. The number of hydrogen-bond acceptors (Lipinski definition) is 4. The van der Waals surface area contributed by atoms with Crippen LogP contribution in [0.3, 0.4) is 0 Å². The summed E-state index contributed by atoms with van der Waals surface area (Å²) in [5, 5.41) is 16.2. The molecule has 3 rings (SSSR count). The van der Waals surface area contributed by atoms with Crippen LogP contribution in [0.5, 0.6) is 0 Å². The van der Waals surface area contributed by atoms with E-state index in [-0.39, 0.29) is 11.6 Å². The number of nitrogens with one attached hydrogen (secondary N) is 1. The quantitative estimate of drug-likeness (QED) is 0.863. The first-order chi connectivity index (χ1) is 11.5. The second-order valence-corrected chi connectivity index (χ2v) is 5.95. The lowest BCUT2D eigenvalue weighted by Gasteiger charge is -2.15. The van der Waals surface area contributed by atoms with Crippen molar-refractivity contribution >= 4 is 11.8 Å². The lowest BCUT2D eigenvalue weighted by atomic mass is 10.0. The van der Waals surface area contributed by atoms with E-state index in [1.54, 1.807) is 13.0 Å². The number of benzene rings is 1. The summed E-state index contributed by atoms with van der Waals surface area (Å²) in [5.41, 5.74) is 7.37. The summed E-state index contributed by atoms with van der Waals surface area (Å²) in [6.07, 6.45) is 3.69. The first-order valence-corrected chi connectivity index (χ1v) is 7.68. The van der Waals surface area contributed by atoms with Gasteiger partial charge in [-0.15, -0.1) is 0 Å². The van der Waals surface area contributed by atoms with E-state index in [4.69, 9.17) is 5.73 Å². The van der Waals surface area contributed by atoms with Crippen molar-refractivity contribution in [3.8, 4) is 11.8 Å². The fourth-order valence-corrected chi connectivity index (χ4v) is 2.62. The maximum Gasteiger partial charge on any atom is 0.267 e. The van der Waals surface area contributed by atoms with Gasteiger partial charge in [0.05, 0.1) is 29.1 Å². The second-order valence-electron chi connectivity index (χ2n) is 5.95. The van der Waals surface area contributed by atoms with Gasteiger partial charge in [-0.05, 0) is 49.4 Å². The van der Waals surface area contributed by atoms with E-state index in [9.17, 15) is 14.9 Å². The lowest BCUT2D eigenvalue weighted by molar-refractivity contribution is 0.0948. The van der Waals surface area contributed by atoms with Gasteiger partial charge in [0, 0.05) is 6.54 Å². The summed E-state index contributed by atoms with van der Waals surface area (Å²) < 4.78 is 1.35. The molecule has 1 aliphatic rings. The largest absolute Gasteiger partial charge is 0.364 e. The van der Waals surface area contributed by atoms with E-state index < -0.39 is 5.91 Å². The van der Waals surface area contributed by atoms with Crippen LogP contribution in [0.2, 0.25) is 0 Å². The predicted octanol–water partition coefficient (Wildman–Crippen LogP) is 1.29. The molecule has 7 heteroatoms. The number of aromatic nitrogens is 2. The number of amides is 2. The fourth-order valence-electron chi connectivity index (χ4n) is 2.62. The Labute approximate surface area is 139 Å². The Bertz CT molecular complexity index is 858. The van der Waals surface area contributed by atoms with Gasteiger partial charge in [0.2, 0.25) is 0 Å². The molecule has 2 aromatic rings. The second kappa shape index (κ2) is 6.16. The van der Waals surface area contributed by atoms with Crippen LogP contribution in [0.15, 0.2) is 24.4 Å². The smallest absolute Gasteiger partial charge is 0.267 e. The van der Waals surface area contributed by atoms with E-state index in [2.05, 4.69) is 10.4 Å². The van der Waals surface area contributed by atoms with Crippen molar-refractivity contribution in [3.63, 3.8) is 0 Å². The van der Waals surface area contributed by atoms with Gasteiger partial charge in [-0.2, -0.15) is 10.4 Å². The SMILES string of the molecule is Cc1cc(C#N)cc(C(=O)NCC2CC2)c1-n1nccc1C(N)=O. The van der Waals surface area contributed by atoms with Crippen molar-refractivity contribution in [2.75, 3.05) is 6.54 Å². The van der Waals surface area contributed by atoms with E-state index in [1.165, 1.54) is 23.0 Å². The topological polar surface area (TPSA) is 114 Å². The molecule has 1 aromatic heterocycles. The standard InChI is InChI=1S/C17H17N5O2/c1-10-6-12(8-18)7-13(17(24)20-9-11-2-3-11)15(10)22-14(16(19)23)4-5-21-22/h4-7,11H,2-3,9H2,1H3,(H2,19,23)(H,20,24). The molecule has 0 unspecified atom stereocenters. The molecule has 1 aromatic carbocycles. The number of carbonyl (C=O) groups is 2. The number of rotatable bonds is 5. The molecule has 0 radical (unpaired) electrons. The molecule has 24 heavy (non-hydrogen) atoms. The highest BCUT2D eigenvalue weighted by Crippen LogP contribution is 2.28. The van der Waals surface area contributed by atoms with E-state index in [1.807, 2.05) is 6.07 Å². The van der Waals surface area contributed by atoms with Gasteiger partial charge in [0.25, 0.3) is 11.8 Å². The molecule has 3 N–H and O–H groups in total. The highest BCUT2D eigenvalue weighted by Gasteiger charge is 2.24. The molecule has 1 aliphatic carbocycles. The first kappa shape index (κ1) is 15.7. The Balaban J connectivity index is 2.09. The lowest BCUT2D eigenvalue weighted by Crippen LogP contribution is -2.28. The zero-order valence-electron chi connectivity index (χ0n) is 13.2. The van der Waals surface area contributed by atoms with E-state index in [0.29, 0.717) is 34.8 Å². The molecule has 122 valence electrons. The molecular formula is C17H17N5O2. The van der Waals surface area contributed by atoms with Crippen LogP contribution in [0.25, 0.3) is 5.69 Å². The minimum Gasteiger partial charge on any atom is -0.364 e. The summed E-state index contributed by atoms with van der Waals surface area (Å²) in [4.78, 5) is 24.2. The average Bonchev–Trinajstić information content (AvgIpc) is 3.26. The van der Waals surface area contributed by atoms with Crippen molar-refractivity contribution in [1.29, 1.82) is 5.26 Å². The molecule has 2 amide bonds. The van der Waals surface area contributed by atoms with Gasteiger partial charge < -0.3 is 11.1 Å². The Morgan fingerprint density at radius 1 is 1.46 bits per heavy atom. The molecule has 1 heterocycles. The summed E-state index contributed by atoms with van der Waals surface area (Å²) in [6.45, 7) is 2.37. The zero-order chi connectivity index (χ0) is 17.3. The Hall–Kier alpha value is -3.14. The maximum atomic E-state index is 12.6. The molecule has 1 fully saturated rings. The van der Waals surface area contributed by atoms with Gasteiger partial charge in [0.15, 0.2) is 0 Å². The van der Waals surface area contributed by atoms with Crippen LogP contribution in [-0.4, -0.2) is 28.1 Å². The van der Waals surface area contributed by atoms with Gasteiger partial charge in [-0.1, -0.05) is 0 Å². The van der Waals surface area contributed by atoms with Crippen LogP contribution in [0.1, 0.15) is 44.8 Å². The molecule has 0 aliphatic heterocycles. The summed E-state index contributed by atoms with van der Waals surface area (Å²) in [5.74, 6) is -0.396. The van der Waals surface area contributed by atoms with Crippen molar-refractivity contribution in [3.05, 3.63) is 46.8 Å². The minimum atomic E-state index is -0.638. The first-order valence-electron chi connectivity index (χ1n) is 7.68. The van der Waals surface area contributed by atoms with Crippen molar-refractivity contribution < 1.29 is 9.59 Å². The average molecular weight is 323 g/mol. The normalized spacial score (nSPS) is 13.3. The number of hydrogen-bond donors (Lipinski definition) is 2. The third-order valence-electron chi connectivity index (χ3n) is 4.03. The minimum absolute atomic E-state index is 0.180. The van der Waals surface area contributed by atoms with Crippen LogP contribution >= 0.6 is 0 Å². The number of primary amides is 1. The molecule has 0 saturated heterocycles. The Kier molecular flexibility index (Phi) is 4.04. The van der Waals surface area contributed by atoms with Crippen LogP contribution in [-0.2, 0) is 0 Å². The summed E-state index contributed by atoms with van der Waals surface area (Å²) in [7, 11) is 0. The number of nitrogens with zero attached hydrogens (tertiary/aromatic N) is 3. The van der Waals surface area contributed by atoms with Crippen LogP contribution in [0.4, 0.5) is 0 Å². The number of nitrogens with two attached hydrogens (primary N) is 1. The van der Waals surface area contributed by atoms with Crippen LogP contribution < -0.4 is 11.1 Å². The van der Waals surface area contributed by atoms with E-state index in [0.717, 1.165) is 12.8 Å². The highest BCUT2D eigenvalue weighted by molar-refractivity contribution is 5.99. The zero-order valence-corrected chi connectivity index (χ0v) is 13.2. The van der Waals surface area contributed by atoms with E-state index >= 15 is 0 Å². The molecule has 0 bridgehead atoms. The molecule has 0 atom stereocenters.